The number of nitrogens with zero attached hydrogens (tertiary/aromatic N) is 1. The maximum absolute atomic E-state index is 11.0. The number of methoxy groups -OCH3 is 1. The highest BCUT2D eigenvalue weighted by Crippen LogP contribution is 2.30. The van der Waals surface area contributed by atoms with Gasteiger partial charge >= 0.3 is 5.97 Å². The number of carbonyl (C=O) groups excluding carboxylic acids is 1. The Hall–Kier alpha value is -0.570. The van der Waals surface area contributed by atoms with Crippen molar-refractivity contribution in [1.82, 2.24) is 4.90 Å². The van der Waals surface area contributed by atoms with Crippen molar-refractivity contribution < 1.29 is 9.53 Å². The molecule has 3 heteroatoms. The number of rotatable bonds is 6. The second-order valence-corrected chi connectivity index (χ2v) is 5.18. The number of ether oxygens (including phenoxy) is 1. The van der Waals surface area contributed by atoms with Gasteiger partial charge in [-0.2, -0.15) is 0 Å². The van der Waals surface area contributed by atoms with E-state index in [4.69, 9.17) is 0 Å². The van der Waals surface area contributed by atoms with Crippen LogP contribution in [0.5, 0.6) is 0 Å². The van der Waals surface area contributed by atoms with Crippen molar-refractivity contribution in [3.05, 3.63) is 0 Å². The molecule has 0 bridgehead atoms. The molecule has 1 rings (SSSR count). The first-order valence-corrected chi connectivity index (χ1v) is 6.96. The maximum atomic E-state index is 11.0. The molecular weight excluding hydrogens is 214 g/mol. The van der Waals surface area contributed by atoms with Crippen LogP contribution in [0.3, 0.4) is 0 Å². The van der Waals surface area contributed by atoms with Gasteiger partial charge in [0.1, 0.15) is 0 Å². The quantitative estimate of drug-likeness (QED) is 0.670. The Morgan fingerprint density at radius 1 is 1.35 bits per heavy atom. The summed E-state index contributed by atoms with van der Waals surface area (Å²) < 4.78 is 4.66. The minimum absolute atomic E-state index is 0.0888. The zero-order valence-electron chi connectivity index (χ0n) is 11.6. The van der Waals surface area contributed by atoms with Crippen LogP contribution in [0, 0.1) is 5.92 Å². The smallest absolute Gasteiger partial charge is 0.305 e. The summed E-state index contributed by atoms with van der Waals surface area (Å²) in [5.41, 5.74) is 0. The SMILES string of the molecule is CCC1CCCCC1N(C)CCCC(=O)OC. The average molecular weight is 241 g/mol. The maximum Gasteiger partial charge on any atom is 0.305 e. The Labute approximate surface area is 106 Å². The van der Waals surface area contributed by atoms with Crippen molar-refractivity contribution in [2.24, 2.45) is 5.92 Å². The summed E-state index contributed by atoms with van der Waals surface area (Å²) in [4.78, 5) is 13.5. The summed E-state index contributed by atoms with van der Waals surface area (Å²) in [6.07, 6.45) is 8.20. The molecular formula is C14H27NO2. The van der Waals surface area contributed by atoms with E-state index in [-0.39, 0.29) is 5.97 Å². The normalized spacial score (nSPS) is 24.9. The molecule has 1 saturated carbocycles. The number of carbonyl (C=O) groups is 1. The summed E-state index contributed by atoms with van der Waals surface area (Å²) >= 11 is 0. The molecule has 1 aliphatic rings. The molecule has 2 atom stereocenters. The molecule has 0 aliphatic heterocycles. The number of esters is 1. The zero-order chi connectivity index (χ0) is 12.7. The Kier molecular flexibility index (Phi) is 6.56. The molecule has 0 heterocycles. The molecule has 0 aromatic rings. The van der Waals surface area contributed by atoms with Crippen molar-refractivity contribution in [2.75, 3.05) is 20.7 Å². The fourth-order valence-electron chi connectivity index (χ4n) is 2.99. The van der Waals surface area contributed by atoms with Crippen LogP contribution < -0.4 is 0 Å². The number of hydrogen-bond acceptors (Lipinski definition) is 3. The monoisotopic (exact) mass is 241 g/mol. The summed E-state index contributed by atoms with van der Waals surface area (Å²) in [6, 6.07) is 0.728. The van der Waals surface area contributed by atoms with Gasteiger partial charge in [-0.05, 0) is 38.8 Å². The van der Waals surface area contributed by atoms with Crippen molar-refractivity contribution in [3.8, 4) is 0 Å². The fourth-order valence-corrected chi connectivity index (χ4v) is 2.99. The van der Waals surface area contributed by atoms with Crippen molar-refractivity contribution in [2.45, 2.75) is 57.9 Å². The third-order valence-corrected chi connectivity index (χ3v) is 4.08. The lowest BCUT2D eigenvalue weighted by Gasteiger charge is -2.37. The van der Waals surface area contributed by atoms with Gasteiger partial charge in [-0.15, -0.1) is 0 Å². The minimum Gasteiger partial charge on any atom is -0.469 e. The molecule has 0 amide bonds. The first kappa shape index (κ1) is 14.5. The first-order valence-electron chi connectivity index (χ1n) is 6.96. The Morgan fingerprint density at radius 2 is 2.06 bits per heavy atom. The Bertz CT molecular complexity index is 230. The molecule has 0 radical (unpaired) electrons. The van der Waals surface area contributed by atoms with Gasteiger partial charge in [0, 0.05) is 12.5 Å². The van der Waals surface area contributed by atoms with Gasteiger partial charge in [-0.3, -0.25) is 4.79 Å². The van der Waals surface area contributed by atoms with Crippen molar-refractivity contribution >= 4 is 5.97 Å². The van der Waals surface area contributed by atoms with Crippen LogP contribution in [0.1, 0.15) is 51.9 Å². The highest BCUT2D eigenvalue weighted by atomic mass is 16.5. The van der Waals surface area contributed by atoms with Crippen LogP contribution in [0.15, 0.2) is 0 Å². The average Bonchev–Trinajstić information content (AvgIpc) is 2.38. The van der Waals surface area contributed by atoms with Crippen molar-refractivity contribution in [3.63, 3.8) is 0 Å². The lowest BCUT2D eigenvalue weighted by atomic mass is 9.82. The van der Waals surface area contributed by atoms with Gasteiger partial charge in [0.2, 0.25) is 0 Å². The second kappa shape index (κ2) is 7.70. The molecule has 1 aliphatic carbocycles. The van der Waals surface area contributed by atoms with Crippen LogP contribution in [0.2, 0.25) is 0 Å². The molecule has 0 aromatic heterocycles. The largest absolute Gasteiger partial charge is 0.469 e. The molecule has 0 aromatic carbocycles. The molecule has 2 unspecified atom stereocenters. The standard InChI is InChI=1S/C14H27NO2/c1-4-12-8-5-6-9-13(12)15(2)11-7-10-14(16)17-3/h12-13H,4-11H2,1-3H3. The van der Waals surface area contributed by atoms with E-state index in [1.807, 2.05) is 0 Å². The molecule has 17 heavy (non-hydrogen) atoms. The molecule has 3 nitrogen and oxygen atoms in total. The van der Waals surface area contributed by atoms with E-state index in [1.54, 1.807) is 0 Å². The summed E-state index contributed by atoms with van der Waals surface area (Å²) in [5, 5.41) is 0. The van der Waals surface area contributed by atoms with Crippen LogP contribution in [0.4, 0.5) is 0 Å². The summed E-state index contributed by atoms with van der Waals surface area (Å²) in [6.45, 7) is 3.31. The lowest BCUT2D eigenvalue weighted by Crippen LogP contribution is -2.40. The van der Waals surface area contributed by atoms with E-state index in [2.05, 4.69) is 23.6 Å². The number of hydrogen-bond donors (Lipinski definition) is 0. The molecule has 1 fully saturated rings. The third kappa shape index (κ3) is 4.66. The van der Waals surface area contributed by atoms with Gasteiger partial charge in [-0.1, -0.05) is 26.2 Å². The highest BCUT2D eigenvalue weighted by Gasteiger charge is 2.26. The van der Waals surface area contributed by atoms with E-state index in [9.17, 15) is 4.79 Å². The van der Waals surface area contributed by atoms with Gasteiger partial charge in [0.15, 0.2) is 0 Å². The van der Waals surface area contributed by atoms with Crippen molar-refractivity contribution in [1.29, 1.82) is 0 Å². The van der Waals surface area contributed by atoms with Crippen LogP contribution in [-0.2, 0) is 9.53 Å². The summed E-state index contributed by atoms with van der Waals surface area (Å²) in [5.74, 6) is 0.765. The Morgan fingerprint density at radius 3 is 2.71 bits per heavy atom. The lowest BCUT2D eigenvalue weighted by molar-refractivity contribution is -0.140. The van der Waals surface area contributed by atoms with Gasteiger partial charge in [0.25, 0.3) is 0 Å². The molecule has 0 saturated heterocycles. The predicted molar refractivity (Wildman–Crippen MR) is 69.9 cm³/mol. The second-order valence-electron chi connectivity index (χ2n) is 5.18. The van der Waals surface area contributed by atoms with E-state index in [1.165, 1.54) is 39.2 Å². The Balaban J connectivity index is 2.29. The van der Waals surface area contributed by atoms with Gasteiger partial charge in [0.05, 0.1) is 7.11 Å². The summed E-state index contributed by atoms with van der Waals surface area (Å²) in [7, 11) is 3.66. The van der Waals surface area contributed by atoms with E-state index in [0.717, 1.165) is 24.9 Å². The zero-order valence-corrected chi connectivity index (χ0v) is 11.6. The first-order chi connectivity index (χ1) is 8.19. The molecule has 0 N–H and O–H groups in total. The van der Waals surface area contributed by atoms with Gasteiger partial charge < -0.3 is 9.64 Å². The molecule has 100 valence electrons. The van der Waals surface area contributed by atoms with Crippen LogP contribution >= 0.6 is 0 Å². The van der Waals surface area contributed by atoms with E-state index < -0.39 is 0 Å². The third-order valence-electron chi connectivity index (χ3n) is 4.08. The highest BCUT2D eigenvalue weighted by molar-refractivity contribution is 5.69. The van der Waals surface area contributed by atoms with Crippen LogP contribution in [0.25, 0.3) is 0 Å². The minimum atomic E-state index is -0.0888. The van der Waals surface area contributed by atoms with Gasteiger partial charge in [-0.25, -0.2) is 0 Å². The van der Waals surface area contributed by atoms with E-state index >= 15 is 0 Å². The van der Waals surface area contributed by atoms with E-state index in [0.29, 0.717) is 6.42 Å². The topological polar surface area (TPSA) is 29.5 Å². The fraction of sp³-hybridized carbons (Fsp3) is 0.929. The predicted octanol–water partition coefficient (Wildman–Crippen LogP) is 2.84. The van der Waals surface area contributed by atoms with Crippen LogP contribution in [-0.4, -0.2) is 37.6 Å². The molecule has 0 spiro atoms.